The van der Waals surface area contributed by atoms with Crippen molar-refractivity contribution >= 4 is 23.9 Å². The average Bonchev–Trinajstić information content (AvgIpc) is 3.54. The van der Waals surface area contributed by atoms with Crippen LogP contribution in [0, 0.1) is 0 Å². The van der Waals surface area contributed by atoms with Gasteiger partial charge in [0.15, 0.2) is 0 Å². The predicted octanol–water partition coefficient (Wildman–Crippen LogP) is -8.46. The molecule has 0 aromatic carbocycles. The molecule has 2 radical (unpaired) electrons. The van der Waals surface area contributed by atoms with E-state index in [2.05, 4.69) is 61.9 Å². The van der Waals surface area contributed by atoms with Crippen LogP contribution in [0.15, 0.2) is 12.1 Å². The number of quaternary nitrogens is 2. The molecule has 16 nitrogen and oxygen atoms in total. The van der Waals surface area contributed by atoms with E-state index < -0.39 is 46.7 Å². The summed E-state index contributed by atoms with van der Waals surface area (Å²) in [5.74, 6) is -6.26. The smallest absolute Gasteiger partial charge is 0.573 e. The van der Waals surface area contributed by atoms with Crippen LogP contribution in [0.4, 0.5) is 0 Å². The minimum Gasteiger partial charge on any atom is -0.573 e. The van der Waals surface area contributed by atoms with Crippen LogP contribution in [-0.4, -0.2) is 73.3 Å². The van der Waals surface area contributed by atoms with Gasteiger partial charge in [-0.25, -0.2) is 0 Å². The van der Waals surface area contributed by atoms with Gasteiger partial charge in [0.2, 0.25) is 0 Å². The maximum atomic E-state index is 10.0. The van der Waals surface area contributed by atoms with Gasteiger partial charge < -0.3 is 80.8 Å². The summed E-state index contributed by atoms with van der Waals surface area (Å²) in [6.45, 7) is 21.0. The van der Waals surface area contributed by atoms with E-state index in [9.17, 15) is 39.6 Å². The number of hydrogen-bond acceptors (Lipinski definition) is 10. The molecule has 0 fully saturated rings. The summed E-state index contributed by atoms with van der Waals surface area (Å²) >= 11 is 0. The van der Waals surface area contributed by atoms with Gasteiger partial charge >= 0.3 is 34.1 Å². The normalized spacial score (nSPS) is 8.80. The van der Waals surface area contributed by atoms with Gasteiger partial charge in [0.05, 0.1) is 74.5 Å². The zero-order valence-electron chi connectivity index (χ0n) is 23.2. The standard InChI is InChI=1S/2C6H15N.2C5H4N2O4.2Cu.2H2O/c2*1-4-7(5-2)6-3;2*8-4(9)2-1-3(5(10)11)7-6-2;;;;/h2*4-6H2,1-3H3;2*1H,(H3,6,7,8,9,10,11);;;2*1H2/q;;;;2*+2;;/p-2. The second-order valence-electron chi connectivity index (χ2n) is 7.00. The fourth-order valence-electron chi connectivity index (χ4n) is 2.49. The number of nitrogens with one attached hydrogen (secondary N) is 2. The summed E-state index contributed by atoms with van der Waals surface area (Å²) in [5.41, 5.74) is -2.04. The van der Waals surface area contributed by atoms with Crippen LogP contribution < -0.4 is 40.4 Å². The third-order valence-electron chi connectivity index (χ3n) is 4.91. The van der Waals surface area contributed by atoms with Crippen LogP contribution in [0.2, 0.25) is 0 Å². The van der Waals surface area contributed by atoms with E-state index in [-0.39, 0.29) is 45.1 Å². The Kier molecular flexibility index (Phi) is 36.5. The molecule has 2 aromatic heterocycles. The third kappa shape index (κ3) is 22.0. The fourth-order valence-corrected chi connectivity index (χ4v) is 2.49. The summed E-state index contributed by atoms with van der Waals surface area (Å²) in [5, 5.41) is 52.1. The molecular weight excluding hydrogens is 635 g/mol. The van der Waals surface area contributed by atoms with Crippen LogP contribution in [-0.2, 0) is 45.1 Å². The van der Waals surface area contributed by atoms with E-state index in [1.807, 2.05) is 0 Å². The van der Waals surface area contributed by atoms with Gasteiger partial charge in [-0.05, 0) is 53.7 Å². The molecular formula is C22H40Cu2N6O10+2. The number of carbonyl (C=O) groups is 4. The molecule has 238 valence electrons. The van der Waals surface area contributed by atoms with Crippen molar-refractivity contribution in [2.45, 2.75) is 41.5 Å². The number of rotatable bonds is 10. The van der Waals surface area contributed by atoms with Crippen LogP contribution in [0.1, 0.15) is 83.5 Å². The molecule has 0 atom stereocenters. The maximum Gasteiger partial charge on any atom is 2.00 e. The number of aromatic nitrogens is 4. The number of carboxylic acid groups (broad SMARTS) is 4. The molecule has 0 aliphatic carbocycles. The van der Waals surface area contributed by atoms with Crippen LogP contribution in [0.5, 0.6) is 0 Å². The zero-order valence-corrected chi connectivity index (χ0v) is 25.1. The van der Waals surface area contributed by atoms with Crippen molar-refractivity contribution in [3.05, 3.63) is 34.9 Å². The second kappa shape index (κ2) is 29.2. The Morgan fingerprint density at radius 3 is 0.875 bits per heavy atom. The number of hydrogen-bond donors (Lipinski definition) is 2. The second-order valence-corrected chi connectivity index (χ2v) is 7.00. The van der Waals surface area contributed by atoms with Gasteiger partial charge in [-0.1, -0.05) is 11.4 Å². The monoisotopic (exact) mass is 674 g/mol. The van der Waals surface area contributed by atoms with E-state index in [0.717, 1.165) is 12.1 Å². The first-order chi connectivity index (χ1) is 16.9. The number of carboxylic acids is 4. The van der Waals surface area contributed by atoms with Crippen molar-refractivity contribution in [2.75, 3.05) is 39.3 Å². The van der Waals surface area contributed by atoms with Crippen molar-refractivity contribution in [3.63, 3.8) is 0 Å². The van der Waals surface area contributed by atoms with Gasteiger partial charge in [-0.2, -0.15) is 0 Å². The molecule has 0 unspecified atom stereocenters. The van der Waals surface area contributed by atoms with E-state index in [0.29, 0.717) is 0 Å². The average molecular weight is 676 g/mol. The first-order valence-electron chi connectivity index (χ1n) is 11.4. The van der Waals surface area contributed by atoms with Crippen LogP contribution in [0.25, 0.3) is 0 Å². The van der Waals surface area contributed by atoms with Crippen LogP contribution >= 0.6 is 0 Å². The molecule has 0 aliphatic heterocycles. The van der Waals surface area contributed by atoms with Gasteiger partial charge in [0.25, 0.3) is 0 Å². The van der Waals surface area contributed by atoms with Gasteiger partial charge in [-0.15, -0.1) is 0 Å². The van der Waals surface area contributed by atoms with Crippen molar-refractivity contribution in [2.24, 2.45) is 0 Å². The molecule has 40 heavy (non-hydrogen) atoms. The topological polar surface area (TPSA) is 289 Å². The summed E-state index contributed by atoms with van der Waals surface area (Å²) in [4.78, 5) is 43.4. The Morgan fingerprint density at radius 2 is 0.800 bits per heavy atom. The molecule has 0 bridgehead atoms. The molecule has 0 spiro atoms. The van der Waals surface area contributed by atoms with Crippen molar-refractivity contribution in [1.82, 2.24) is 20.4 Å². The van der Waals surface area contributed by atoms with Gasteiger partial charge in [-0.3, -0.25) is 0 Å². The molecule has 0 aliphatic rings. The predicted molar refractivity (Wildman–Crippen MR) is 127 cm³/mol. The molecule has 0 saturated heterocycles. The van der Waals surface area contributed by atoms with Crippen LogP contribution in [0.3, 0.4) is 0 Å². The largest absolute Gasteiger partial charge is 2.00 e. The minimum atomic E-state index is -1.56. The Labute approximate surface area is 254 Å². The summed E-state index contributed by atoms with van der Waals surface area (Å²) in [7, 11) is 0. The first-order valence-corrected chi connectivity index (χ1v) is 11.4. The SMILES string of the molecule is CC[NH+](CC)CC.CC[NH+](CC)CC.O=C([O-])c1cc(C(=O)[O-])[n-]n1.O=C([O-])c1cc(C(=O)[O-])[n-]n1.[Cu+2].[Cu+2].[OH3+].[OH3+]. The Hall–Kier alpha value is -2.82. The minimum absolute atomic E-state index is 0. The Morgan fingerprint density at radius 1 is 0.575 bits per heavy atom. The molecule has 0 amide bonds. The third-order valence-corrected chi connectivity index (χ3v) is 4.91. The van der Waals surface area contributed by atoms with Crippen molar-refractivity contribution in [3.8, 4) is 0 Å². The number of nitrogens with zero attached hydrogens (tertiary/aromatic N) is 4. The number of aromatic carboxylic acids is 4. The van der Waals surface area contributed by atoms with Gasteiger partial charge in [0, 0.05) is 0 Å². The fraction of sp³-hybridized carbons (Fsp3) is 0.545. The summed E-state index contributed by atoms with van der Waals surface area (Å²) < 4.78 is 0. The molecule has 18 heteroatoms. The van der Waals surface area contributed by atoms with Gasteiger partial charge in [0.1, 0.15) is 0 Å². The maximum absolute atomic E-state index is 10.0. The van der Waals surface area contributed by atoms with Crippen molar-refractivity contribution < 1.29 is 94.5 Å². The van der Waals surface area contributed by atoms with Crippen molar-refractivity contribution in [1.29, 1.82) is 0 Å². The van der Waals surface area contributed by atoms with E-state index in [1.165, 1.54) is 39.3 Å². The first kappa shape index (κ1) is 50.1. The molecule has 8 N–H and O–H groups in total. The van der Waals surface area contributed by atoms with E-state index >= 15 is 0 Å². The molecule has 2 rings (SSSR count). The Bertz CT molecular complexity index is 793. The molecule has 0 saturated carbocycles. The molecule has 2 heterocycles. The van der Waals surface area contributed by atoms with E-state index in [1.54, 1.807) is 9.80 Å². The van der Waals surface area contributed by atoms with E-state index in [4.69, 9.17) is 0 Å². The zero-order chi connectivity index (χ0) is 28.3. The summed E-state index contributed by atoms with van der Waals surface area (Å²) in [6.07, 6.45) is 0. The number of carbonyl (C=O) groups excluding carboxylic acids is 4. The Balaban J connectivity index is -0.0000000954. The quantitative estimate of drug-likeness (QED) is 0.175. The molecule has 2 aromatic rings. The summed E-state index contributed by atoms with van der Waals surface area (Å²) in [6, 6.07) is 1.54.